The summed E-state index contributed by atoms with van der Waals surface area (Å²) in [6, 6.07) is 6.35. The van der Waals surface area contributed by atoms with Crippen molar-refractivity contribution in [3.63, 3.8) is 0 Å². The van der Waals surface area contributed by atoms with Crippen LogP contribution in [0.2, 0.25) is 0 Å². The normalized spacial score (nSPS) is 23.3. The zero-order valence-electron chi connectivity index (χ0n) is 11.9. The molecule has 0 spiro atoms. The van der Waals surface area contributed by atoms with E-state index < -0.39 is 0 Å². The van der Waals surface area contributed by atoms with Crippen LogP contribution >= 0.6 is 15.9 Å². The number of benzene rings is 1. The molecule has 102 valence electrons. The van der Waals surface area contributed by atoms with Gasteiger partial charge in [-0.25, -0.2) is 0 Å². The predicted molar refractivity (Wildman–Crippen MR) is 84.8 cm³/mol. The molecule has 1 atom stereocenters. The topological polar surface area (TPSA) is 9.23 Å². The molecule has 1 aromatic rings. The van der Waals surface area contributed by atoms with Gasteiger partial charge in [0.2, 0.25) is 0 Å². The molecule has 1 aromatic carbocycles. The summed E-state index contributed by atoms with van der Waals surface area (Å²) in [6.45, 7) is 7.35. The molecule has 2 heteroatoms. The molecule has 0 fully saturated rings. The minimum atomic E-state index is 0.373. The Morgan fingerprint density at radius 2 is 2.21 bits per heavy atom. The van der Waals surface area contributed by atoms with Crippen molar-refractivity contribution in [1.82, 2.24) is 0 Å². The first-order valence-corrected chi connectivity index (χ1v) is 7.68. The monoisotopic (exact) mass is 320 g/mol. The zero-order valence-corrected chi connectivity index (χ0v) is 13.5. The quantitative estimate of drug-likeness (QED) is 0.652. The average molecular weight is 321 g/mol. The molecular formula is C17H21BrO. The highest BCUT2D eigenvalue weighted by atomic mass is 79.9. The largest absolute Gasteiger partial charge is 0.493 e. The first-order chi connectivity index (χ1) is 9.13. The van der Waals surface area contributed by atoms with E-state index in [1.165, 1.54) is 16.7 Å². The maximum absolute atomic E-state index is 5.94. The van der Waals surface area contributed by atoms with Gasteiger partial charge < -0.3 is 4.74 Å². The van der Waals surface area contributed by atoms with Crippen LogP contribution in [0.15, 0.2) is 46.0 Å². The summed E-state index contributed by atoms with van der Waals surface area (Å²) >= 11 is 3.53. The Bertz CT molecular complexity index is 514. The molecule has 0 saturated carbocycles. The fourth-order valence-corrected chi connectivity index (χ4v) is 2.87. The summed E-state index contributed by atoms with van der Waals surface area (Å²) in [5, 5.41) is 0. The van der Waals surface area contributed by atoms with Crippen LogP contribution in [0.4, 0.5) is 0 Å². The Morgan fingerprint density at radius 3 is 2.95 bits per heavy atom. The lowest BCUT2D eigenvalue weighted by Crippen LogP contribution is -2.03. The molecule has 0 bridgehead atoms. The van der Waals surface area contributed by atoms with E-state index in [2.05, 4.69) is 67.1 Å². The van der Waals surface area contributed by atoms with Crippen molar-refractivity contribution in [3.05, 3.63) is 51.5 Å². The van der Waals surface area contributed by atoms with Gasteiger partial charge >= 0.3 is 0 Å². The lowest BCUT2D eigenvalue weighted by atomic mass is 9.87. The molecule has 2 rings (SSSR count). The fraction of sp³-hybridized carbons (Fsp3) is 0.412. The smallest absolute Gasteiger partial charge is 0.124 e. The third-order valence-corrected chi connectivity index (χ3v) is 4.26. The first-order valence-electron chi connectivity index (χ1n) is 6.89. The molecule has 0 amide bonds. The van der Waals surface area contributed by atoms with Crippen molar-refractivity contribution in [3.8, 4) is 5.75 Å². The molecule has 0 saturated heterocycles. The number of allylic oxidation sites excluding steroid dienone is 4. The van der Waals surface area contributed by atoms with Gasteiger partial charge in [-0.1, -0.05) is 46.6 Å². The van der Waals surface area contributed by atoms with Crippen LogP contribution in [-0.4, -0.2) is 6.61 Å². The summed E-state index contributed by atoms with van der Waals surface area (Å²) in [5.74, 6) is 1.39. The van der Waals surface area contributed by atoms with Gasteiger partial charge in [0.05, 0.1) is 6.61 Å². The molecule has 0 aliphatic carbocycles. The van der Waals surface area contributed by atoms with Crippen LogP contribution in [0.1, 0.15) is 45.1 Å². The van der Waals surface area contributed by atoms with Crippen LogP contribution < -0.4 is 4.74 Å². The van der Waals surface area contributed by atoms with Crippen molar-refractivity contribution in [1.29, 1.82) is 0 Å². The van der Waals surface area contributed by atoms with E-state index in [0.29, 0.717) is 5.92 Å². The van der Waals surface area contributed by atoms with Gasteiger partial charge in [0.15, 0.2) is 0 Å². The van der Waals surface area contributed by atoms with Crippen LogP contribution in [0.25, 0.3) is 0 Å². The van der Waals surface area contributed by atoms with Gasteiger partial charge in [-0.3, -0.25) is 0 Å². The second-order valence-corrected chi connectivity index (χ2v) is 5.94. The van der Waals surface area contributed by atoms with Crippen molar-refractivity contribution in [2.75, 3.05) is 6.61 Å². The maximum atomic E-state index is 5.94. The summed E-state index contributed by atoms with van der Waals surface area (Å²) < 4.78 is 7.01. The molecule has 1 heterocycles. The van der Waals surface area contributed by atoms with E-state index in [4.69, 9.17) is 4.74 Å². The third-order valence-electron chi connectivity index (χ3n) is 3.77. The number of rotatable bonds is 1. The Labute approximate surface area is 124 Å². The molecule has 0 aromatic heterocycles. The third kappa shape index (κ3) is 3.30. The number of hydrogen-bond donors (Lipinski definition) is 0. The number of fused-ring (bicyclic) bond motifs is 1. The summed E-state index contributed by atoms with van der Waals surface area (Å²) in [5.41, 5.74) is 4.07. The molecule has 1 aliphatic rings. The highest BCUT2D eigenvalue weighted by Gasteiger charge is 2.18. The van der Waals surface area contributed by atoms with E-state index in [-0.39, 0.29) is 0 Å². The second-order valence-electron chi connectivity index (χ2n) is 5.03. The molecular weight excluding hydrogens is 300 g/mol. The number of hydrogen-bond acceptors (Lipinski definition) is 1. The number of halogens is 1. The number of ether oxygens (including phenoxy) is 1. The Hall–Kier alpha value is -1.02. The van der Waals surface area contributed by atoms with Gasteiger partial charge in [-0.15, -0.1) is 0 Å². The van der Waals surface area contributed by atoms with E-state index in [9.17, 15) is 0 Å². The second kappa shape index (κ2) is 6.42. The molecule has 1 unspecified atom stereocenters. The van der Waals surface area contributed by atoms with Crippen molar-refractivity contribution < 1.29 is 4.74 Å². The van der Waals surface area contributed by atoms with E-state index >= 15 is 0 Å². The van der Waals surface area contributed by atoms with Crippen LogP contribution in [-0.2, 0) is 0 Å². The van der Waals surface area contributed by atoms with Crippen LogP contribution in [0, 0.1) is 0 Å². The van der Waals surface area contributed by atoms with Gasteiger partial charge in [0.25, 0.3) is 0 Å². The van der Waals surface area contributed by atoms with E-state index in [1.807, 2.05) is 0 Å². The fourth-order valence-electron chi connectivity index (χ4n) is 2.53. The minimum absolute atomic E-state index is 0.373. The summed E-state index contributed by atoms with van der Waals surface area (Å²) in [4.78, 5) is 0. The van der Waals surface area contributed by atoms with E-state index in [0.717, 1.165) is 29.7 Å². The maximum Gasteiger partial charge on any atom is 0.124 e. The zero-order chi connectivity index (χ0) is 13.8. The van der Waals surface area contributed by atoms with Crippen molar-refractivity contribution in [2.24, 2.45) is 0 Å². The molecule has 0 N–H and O–H groups in total. The molecule has 1 aliphatic heterocycles. The molecule has 19 heavy (non-hydrogen) atoms. The van der Waals surface area contributed by atoms with Crippen LogP contribution in [0.5, 0.6) is 5.75 Å². The summed E-state index contributed by atoms with van der Waals surface area (Å²) in [7, 11) is 0. The lowest BCUT2D eigenvalue weighted by molar-refractivity contribution is 0.309. The lowest BCUT2D eigenvalue weighted by Gasteiger charge is -2.20. The first kappa shape index (κ1) is 14.4. The molecule has 1 nitrogen and oxygen atoms in total. The molecule has 0 radical (unpaired) electrons. The standard InChI is InChI=1S/C17H21BrO/c1-4-12(2)15-7-5-6-10-19-17-11-14(18)8-9-16(17)13(15)3/h4,7-9,11,13H,5-6,10H2,1-3H3/b12-4-,15-7-. The van der Waals surface area contributed by atoms with Gasteiger partial charge in [-0.05, 0) is 44.4 Å². The highest BCUT2D eigenvalue weighted by molar-refractivity contribution is 9.10. The Morgan fingerprint density at radius 1 is 1.42 bits per heavy atom. The Kier molecular flexibility index (Phi) is 4.87. The van der Waals surface area contributed by atoms with E-state index in [1.54, 1.807) is 0 Å². The van der Waals surface area contributed by atoms with Crippen LogP contribution in [0.3, 0.4) is 0 Å². The predicted octanol–water partition coefficient (Wildman–Crippen LogP) is 5.62. The minimum Gasteiger partial charge on any atom is -0.493 e. The summed E-state index contributed by atoms with van der Waals surface area (Å²) in [6.07, 6.45) is 6.72. The SMILES string of the molecule is C/C=C(C)\C1=C\CCCOc2cc(Br)ccc2C1C. The highest BCUT2D eigenvalue weighted by Crippen LogP contribution is 2.37. The average Bonchev–Trinajstić information content (AvgIpc) is 2.48. The van der Waals surface area contributed by atoms with Crippen molar-refractivity contribution >= 4 is 15.9 Å². The van der Waals surface area contributed by atoms with Crippen molar-refractivity contribution in [2.45, 2.75) is 39.5 Å². The van der Waals surface area contributed by atoms with Gasteiger partial charge in [-0.2, -0.15) is 0 Å². The Balaban J connectivity index is 2.48. The van der Waals surface area contributed by atoms with Gasteiger partial charge in [0, 0.05) is 16.0 Å². The van der Waals surface area contributed by atoms with Gasteiger partial charge in [0.1, 0.15) is 5.75 Å².